The summed E-state index contributed by atoms with van der Waals surface area (Å²) >= 11 is 0. The van der Waals surface area contributed by atoms with Gasteiger partial charge in [-0.05, 0) is 57.5 Å². The van der Waals surface area contributed by atoms with E-state index in [4.69, 9.17) is 0 Å². The Hall–Kier alpha value is -0.570. The first-order valence-electron chi connectivity index (χ1n) is 8.76. The van der Waals surface area contributed by atoms with Crippen molar-refractivity contribution in [1.82, 2.24) is 9.80 Å². The Bertz CT molecular complexity index is 341. The molecule has 3 heteroatoms. The first-order chi connectivity index (χ1) is 9.73. The number of hydrogen-bond acceptors (Lipinski definition) is 2. The van der Waals surface area contributed by atoms with E-state index in [0.29, 0.717) is 17.4 Å². The molecule has 0 aromatic heterocycles. The molecule has 1 saturated carbocycles. The smallest absolute Gasteiger partial charge is 0.222 e. The van der Waals surface area contributed by atoms with E-state index >= 15 is 0 Å². The summed E-state index contributed by atoms with van der Waals surface area (Å²) in [5.74, 6) is 1.13. The lowest BCUT2D eigenvalue weighted by molar-refractivity contribution is -0.134. The van der Waals surface area contributed by atoms with E-state index in [1.165, 1.54) is 64.5 Å². The predicted octanol–water partition coefficient (Wildman–Crippen LogP) is 3.04. The molecule has 2 aliphatic heterocycles. The first kappa shape index (κ1) is 14.4. The van der Waals surface area contributed by atoms with Gasteiger partial charge in [-0.2, -0.15) is 0 Å². The Morgan fingerprint density at radius 3 is 2.40 bits per heavy atom. The summed E-state index contributed by atoms with van der Waals surface area (Å²) < 4.78 is 0. The first-order valence-corrected chi connectivity index (χ1v) is 8.76. The second-order valence-corrected chi connectivity index (χ2v) is 7.14. The molecule has 0 aromatic carbocycles. The molecule has 0 atom stereocenters. The summed E-state index contributed by atoms with van der Waals surface area (Å²) in [6.07, 6.45) is 11.2. The van der Waals surface area contributed by atoms with Gasteiger partial charge in [-0.15, -0.1) is 0 Å². The highest BCUT2D eigenvalue weighted by molar-refractivity contribution is 5.76. The fourth-order valence-corrected chi connectivity index (χ4v) is 4.82. The number of amides is 1. The van der Waals surface area contributed by atoms with E-state index in [1.807, 2.05) is 0 Å². The van der Waals surface area contributed by atoms with Crippen molar-refractivity contribution in [3.8, 4) is 0 Å². The van der Waals surface area contributed by atoms with Crippen molar-refractivity contribution < 1.29 is 4.79 Å². The molecule has 0 radical (unpaired) electrons. The van der Waals surface area contributed by atoms with Crippen LogP contribution in [0.1, 0.15) is 64.7 Å². The average molecular weight is 278 g/mol. The van der Waals surface area contributed by atoms with E-state index in [9.17, 15) is 4.79 Å². The molecule has 20 heavy (non-hydrogen) atoms. The van der Waals surface area contributed by atoms with Crippen LogP contribution >= 0.6 is 0 Å². The second kappa shape index (κ2) is 6.05. The monoisotopic (exact) mass is 278 g/mol. The van der Waals surface area contributed by atoms with Crippen LogP contribution in [0.4, 0.5) is 0 Å². The van der Waals surface area contributed by atoms with Gasteiger partial charge in [-0.25, -0.2) is 0 Å². The molecular formula is C17H30N2O. The third-order valence-corrected chi connectivity index (χ3v) is 6.11. The molecule has 2 saturated heterocycles. The topological polar surface area (TPSA) is 23.6 Å². The Kier molecular flexibility index (Phi) is 4.34. The van der Waals surface area contributed by atoms with E-state index in [1.54, 1.807) is 0 Å². The molecule has 1 spiro atoms. The molecular weight excluding hydrogens is 248 g/mol. The van der Waals surface area contributed by atoms with Crippen molar-refractivity contribution in [3.63, 3.8) is 0 Å². The highest BCUT2D eigenvalue weighted by atomic mass is 16.2. The van der Waals surface area contributed by atoms with Gasteiger partial charge in [0.1, 0.15) is 0 Å². The van der Waals surface area contributed by atoms with Crippen LogP contribution in [0.5, 0.6) is 0 Å². The van der Waals surface area contributed by atoms with Crippen LogP contribution in [0.3, 0.4) is 0 Å². The molecule has 2 heterocycles. The maximum Gasteiger partial charge on any atom is 0.222 e. The Morgan fingerprint density at radius 2 is 1.75 bits per heavy atom. The van der Waals surface area contributed by atoms with E-state index in [2.05, 4.69) is 16.7 Å². The van der Waals surface area contributed by atoms with Crippen molar-refractivity contribution in [3.05, 3.63) is 0 Å². The van der Waals surface area contributed by atoms with Crippen LogP contribution in [0.15, 0.2) is 0 Å². The average Bonchev–Trinajstić information content (AvgIpc) is 3.09. The van der Waals surface area contributed by atoms with E-state index < -0.39 is 0 Å². The zero-order valence-electron chi connectivity index (χ0n) is 13.1. The maximum absolute atomic E-state index is 12.4. The van der Waals surface area contributed by atoms with Crippen LogP contribution in [-0.2, 0) is 4.79 Å². The number of hydrogen-bond donors (Lipinski definition) is 0. The quantitative estimate of drug-likeness (QED) is 0.792. The van der Waals surface area contributed by atoms with Crippen LogP contribution in [-0.4, -0.2) is 47.4 Å². The molecule has 0 N–H and O–H groups in total. The summed E-state index contributed by atoms with van der Waals surface area (Å²) in [7, 11) is 0. The molecule has 3 aliphatic rings. The minimum absolute atomic E-state index is 0.438. The van der Waals surface area contributed by atoms with Crippen molar-refractivity contribution in [1.29, 1.82) is 0 Å². The van der Waals surface area contributed by atoms with Crippen LogP contribution in [0.25, 0.3) is 0 Å². The SMILES string of the molecule is CCN1CCCC12CCN(C(=O)CC1CCCC1)CC2. The zero-order chi connectivity index (χ0) is 14.0. The van der Waals surface area contributed by atoms with Crippen molar-refractivity contribution in [2.45, 2.75) is 70.3 Å². The van der Waals surface area contributed by atoms with Gasteiger partial charge in [0.2, 0.25) is 5.91 Å². The predicted molar refractivity (Wildman–Crippen MR) is 81.6 cm³/mol. The van der Waals surface area contributed by atoms with Crippen molar-refractivity contribution in [2.24, 2.45) is 5.92 Å². The molecule has 114 valence electrons. The second-order valence-electron chi connectivity index (χ2n) is 7.14. The highest BCUT2D eigenvalue weighted by Crippen LogP contribution is 2.38. The van der Waals surface area contributed by atoms with E-state index in [0.717, 1.165) is 19.5 Å². The van der Waals surface area contributed by atoms with Crippen molar-refractivity contribution in [2.75, 3.05) is 26.2 Å². The summed E-state index contributed by atoms with van der Waals surface area (Å²) in [5.41, 5.74) is 0.443. The van der Waals surface area contributed by atoms with Gasteiger partial charge in [0.15, 0.2) is 0 Å². The number of carbonyl (C=O) groups excluding carboxylic acids is 1. The van der Waals surface area contributed by atoms with Gasteiger partial charge in [-0.3, -0.25) is 9.69 Å². The molecule has 3 fully saturated rings. The van der Waals surface area contributed by atoms with Crippen LogP contribution < -0.4 is 0 Å². The summed E-state index contributed by atoms with van der Waals surface area (Å²) in [6, 6.07) is 0. The number of piperidine rings is 1. The number of rotatable bonds is 3. The third kappa shape index (κ3) is 2.74. The normalized spacial score (nSPS) is 27.6. The minimum Gasteiger partial charge on any atom is -0.343 e. The third-order valence-electron chi connectivity index (χ3n) is 6.11. The lowest BCUT2D eigenvalue weighted by Gasteiger charge is -2.45. The summed E-state index contributed by atoms with van der Waals surface area (Å²) in [6.45, 7) is 6.73. The number of carbonyl (C=O) groups is 1. The lowest BCUT2D eigenvalue weighted by Crippen LogP contribution is -2.53. The van der Waals surface area contributed by atoms with Crippen LogP contribution in [0.2, 0.25) is 0 Å². The molecule has 3 rings (SSSR count). The highest BCUT2D eigenvalue weighted by Gasteiger charge is 2.42. The fourth-order valence-electron chi connectivity index (χ4n) is 4.82. The number of nitrogens with zero attached hydrogens (tertiary/aromatic N) is 2. The molecule has 1 aliphatic carbocycles. The zero-order valence-corrected chi connectivity index (χ0v) is 13.1. The van der Waals surface area contributed by atoms with Gasteiger partial charge in [0, 0.05) is 25.0 Å². The minimum atomic E-state index is 0.438. The van der Waals surface area contributed by atoms with Crippen LogP contribution in [0, 0.1) is 5.92 Å². The summed E-state index contributed by atoms with van der Waals surface area (Å²) in [4.78, 5) is 17.3. The Labute approximate surface area is 123 Å². The van der Waals surface area contributed by atoms with Gasteiger partial charge in [0.25, 0.3) is 0 Å². The summed E-state index contributed by atoms with van der Waals surface area (Å²) in [5, 5.41) is 0. The van der Waals surface area contributed by atoms with Gasteiger partial charge in [0.05, 0.1) is 0 Å². The van der Waals surface area contributed by atoms with Gasteiger partial charge < -0.3 is 4.90 Å². The lowest BCUT2D eigenvalue weighted by atomic mass is 9.84. The maximum atomic E-state index is 12.4. The molecule has 0 aromatic rings. The van der Waals surface area contributed by atoms with Gasteiger partial charge >= 0.3 is 0 Å². The molecule has 1 amide bonds. The standard InChI is InChI=1S/C17H30N2O/c1-2-19-11-5-8-17(19)9-12-18(13-10-17)16(20)14-15-6-3-4-7-15/h15H,2-14H2,1H3. The van der Waals surface area contributed by atoms with Gasteiger partial charge in [-0.1, -0.05) is 19.8 Å². The number of likely N-dealkylation sites (tertiary alicyclic amines) is 2. The fraction of sp³-hybridized carbons (Fsp3) is 0.941. The van der Waals surface area contributed by atoms with Crippen molar-refractivity contribution >= 4 is 5.91 Å². The molecule has 0 unspecified atom stereocenters. The largest absolute Gasteiger partial charge is 0.343 e. The molecule has 0 bridgehead atoms. The van der Waals surface area contributed by atoms with E-state index in [-0.39, 0.29) is 0 Å². The Morgan fingerprint density at radius 1 is 1.05 bits per heavy atom. The Balaban J connectivity index is 1.51. The molecule has 3 nitrogen and oxygen atoms in total.